The predicted molar refractivity (Wildman–Crippen MR) is 69.9 cm³/mol. The van der Waals surface area contributed by atoms with Gasteiger partial charge in [0.1, 0.15) is 0 Å². The fourth-order valence-electron chi connectivity index (χ4n) is 2.44. The highest BCUT2D eigenvalue weighted by atomic mass is 15.1. The van der Waals surface area contributed by atoms with Crippen LogP contribution in [0.4, 0.5) is 5.69 Å². The van der Waals surface area contributed by atoms with Gasteiger partial charge >= 0.3 is 0 Å². The molecule has 0 bridgehead atoms. The molecule has 1 aromatic rings. The zero-order valence-corrected chi connectivity index (χ0v) is 10.4. The average Bonchev–Trinajstić information content (AvgIpc) is 2.28. The van der Waals surface area contributed by atoms with Crippen LogP contribution in [0.15, 0.2) is 18.2 Å². The van der Waals surface area contributed by atoms with Crippen LogP contribution in [0.3, 0.4) is 0 Å². The molecule has 1 aliphatic rings. The van der Waals surface area contributed by atoms with Crippen molar-refractivity contribution in [1.29, 1.82) is 0 Å². The number of benzene rings is 1. The minimum Gasteiger partial charge on any atom is -0.371 e. The summed E-state index contributed by atoms with van der Waals surface area (Å²) in [4.78, 5) is 2.50. The van der Waals surface area contributed by atoms with Crippen molar-refractivity contribution in [2.45, 2.75) is 26.7 Å². The van der Waals surface area contributed by atoms with Crippen LogP contribution >= 0.6 is 0 Å². The van der Waals surface area contributed by atoms with Gasteiger partial charge in [0.15, 0.2) is 0 Å². The Morgan fingerprint density at radius 1 is 1.44 bits per heavy atom. The van der Waals surface area contributed by atoms with Crippen molar-refractivity contribution in [2.75, 3.05) is 24.5 Å². The van der Waals surface area contributed by atoms with Gasteiger partial charge in [-0.3, -0.25) is 0 Å². The molecule has 0 fully saturated rings. The monoisotopic (exact) mass is 218 g/mol. The largest absolute Gasteiger partial charge is 0.371 e. The maximum Gasteiger partial charge on any atom is 0.0399 e. The molecule has 1 aliphatic heterocycles. The summed E-state index contributed by atoms with van der Waals surface area (Å²) < 4.78 is 0. The smallest absolute Gasteiger partial charge is 0.0399 e. The van der Waals surface area contributed by atoms with Crippen LogP contribution in [0, 0.1) is 12.8 Å². The molecule has 1 unspecified atom stereocenters. The summed E-state index contributed by atoms with van der Waals surface area (Å²) in [5.41, 5.74) is 10.0. The lowest BCUT2D eigenvalue weighted by atomic mass is 9.98. The molecule has 0 aromatic heterocycles. The zero-order valence-electron chi connectivity index (χ0n) is 10.4. The van der Waals surface area contributed by atoms with Gasteiger partial charge in [0.25, 0.3) is 0 Å². The van der Waals surface area contributed by atoms with E-state index in [-0.39, 0.29) is 0 Å². The maximum absolute atomic E-state index is 5.71. The Morgan fingerprint density at radius 3 is 3.00 bits per heavy atom. The Hall–Kier alpha value is -1.02. The van der Waals surface area contributed by atoms with Gasteiger partial charge in [-0.25, -0.2) is 0 Å². The number of aryl methyl sites for hydroxylation is 2. The van der Waals surface area contributed by atoms with Crippen molar-refractivity contribution in [3.63, 3.8) is 0 Å². The molecule has 16 heavy (non-hydrogen) atoms. The fourth-order valence-corrected chi connectivity index (χ4v) is 2.44. The second-order valence-corrected chi connectivity index (χ2v) is 5.02. The summed E-state index contributed by atoms with van der Waals surface area (Å²) in [7, 11) is 0. The molecule has 88 valence electrons. The molecule has 0 aliphatic carbocycles. The van der Waals surface area contributed by atoms with Crippen molar-refractivity contribution in [2.24, 2.45) is 11.7 Å². The van der Waals surface area contributed by atoms with Crippen LogP contribution in [0.25, 0.3) is 0 Å². The van der Waals surface area contributed by atoms with Crippen molar-refractivity contribution in [3.8, 4) is 0 Å². The molecule has 0 spiro atoms. The lowest BCUT2D eigenvalue weighted by Crippen LogP contribution is -2.35. The van der Waals surface area contributed by atoms with E-state index < -0.39 is 0 Å². The van der Waals surface area contributed by atoms with Crippen molar-refractivity contribution >= 4 is 5.69 Å². The van der Waals surface area contributed by atoms with Gasteiger partial charge in [0, 0.05) is 18.8 Å². The molecule has 1 aromatic carbocycles. The Bertz CT molecular complexity index is 360. The average molecular weight is 218 g/mol. The van der Waals surface area contributed by atoms with E-state index >= 15 is 0 Å². The zero-order chi connectivity index (χ0) is 11.5. The van der Waals surface area contributed by atoms with E-state index in [2.05, 4.69) is 36.9 Å². The number of rotatable bonds is 3. The van der Waals surface area contributed by atoms with Crippen LogP contribution < -0.4 is 10.6 Å². The Kier molecular flexibility index (Phi) is 3.49. The highest BCUT2D eigenvalue weighted by Gasteiger charge is 2.17. The van der Waals surface area contributed by atoms with E-state index in [9.17, 15) is 0 Å². The standard InChI is InChI=1S/C14H22N2/c1-11-5-6-14-13(8-11)4-3-7-16(14)10-12(2)9-15/h5-6,8,12H,3-4,7,9-10,15H2,1-2H3. The van der Waals surface area contributed by atoms with E-state index in [1.165, 1.54) is 36.2 Å². The molecule has 0 saturated carbocycles. The van der Waals surface area contributed by atoms with Crippen LogP contribution in [0.1, 0.15) is 24.5 Å². The molecule has 0 amide bonds. The van der Waals surface area contributed by atoms with Crippen molar-refractivity contribution in [3.05, 3.63) is 29.3 Å². The second-order valence-electron chi connectivity index (χ2n) is 5.02. The summed E-state index contributed by atoms with van der Waals surface area (Å²) in [5, 5.41) is 0. The Morgan fingerprint density at radius 2 is 2.25 bits per heavy atom. The fraction of sp³-hybridized carbons (Fsp3) is 0.571. The summed E-state index contributed by atoms with van der Waals surface area (Å²) in [6.07, 6.45) is 2.50. The van der Waals surface area contributed by atoms with E-state index in [0.29, 0.717) is 5.92 Å². The van der Waals surface area contributed by atoms with Crippen LogP contribution in [0.5, 0.6) is 0 Å². The molecule has 0 radical (unpaired) electrons. The molecule has 1 heterocycles. The SMILES string of the molecule is Cc1ccc2c(c1)CCCN2CC(C)CN. The van der Waals surface area contributed by atoms with Crippen molar-refractivity contribution in [1.82, 2.24) is 0 Å². The second kappa shape index (κ2) is 4.88. The molecular weight excluding hydrogens is 196 g/mol. The van der Waals surface area contributed by atoms with Crippen LogP contribution in [-0.4, -0.2) is 19.6 Å². The van der Waals surface area contributed by atoms with E-state index in [1.807, 2.05) is 0 Å². The first kappa shape index (κ1) is 11.5. The van der Waals surface area contributed by atoms with Gasteiger partial charge < -0.3 is 10.6 Å². The third kappa shape index (κ3) is 2.38. The molecule has 0 saturated heterocycles. The molecular formula is C14H22N2. The minimum atomic E-state index is 0.576. The summed E-state index contributed by atoms with van der Waals surface area (Å²) in [5.74, 6) is 0.576. The third-order valence-corrected chi connectivity index (χ3v) is 3.38. The topological polar surface area (TPSA) is 29.3 Å². The summed E-state index contributed by atoms with van der Waals surface area (Å²) in [6, 6.07) is 6.81. The number of nitrogens with zero attached hydrogens (tertiary/aromatic N) is 1. The highest BCUT2D eigenvalue weighted by molar-refractivity contribution is 5.56. The number of fused-ring (bicyclic) bond motifs is 1. The first-order valence-corrected chi connectivity index (χ1v) is 6.25. The first-order chi connectivity index (χ1) is 7.70. The summed E-state index contributed by atoms with van der Waals surface area (Å²) in [6.45, 7) is 7.44. The van der Waals surface area contributed by atoms with Crippen LogP contribution in [-0.2, 0) is 6.42 Å². The Balaban J connectivity index is 2.19. The quantitative estimate of drug-likeness (QED) is 0.843. The normalized spacial score (nSPS) is 17.1. The third-order valence-electron chi connectivity index (χ3n) is 3.38. The lowest BCUT2D eigenvalue weighted by Gasteiger charge is -2.33. The van der Waals surface area contributed by atoms with Crippen LogP contribution in [0.2, 0.25) is 0 Å². The number of anilines is 1. The van der Waals surface area contributed by atoms with Gasteiger partial charge in [-0.2, -0.15) is 0 Å². The summed E-state index contributed by atoms with van der Waals surface area (Å²) >= 11 is 0. The number of hydrogen-bond acceptors (Lipinski definition) is 2. The minimum absolute atomic E-state index is 0.576. The van der Waals surface area contributed by atoms with E-state index in [4.69, 9.17) is 5.73 Å². The van der Waals surface area contributed by atoms with E-state index in [1.54, 1.807) is 0 Å². The molecule has 2 heteroatoms. The first-order valence-electron chi connectivity index (χ1n) is 6.25. The van der Waals surface area contributed by atoms with Gasteiger partial charge in [0.2, 0.25) is 0 Å². The maximum atomic E-state index is 5.71. The van der Waals surface area contributed by atoms with Crippen molar-refractivity contribution < 1.29 is 0 Å². The predicted octanol–water partition coefficient (Wildman–Crippen LogP) is 2.34. The van der Waals surface area contributed by atoms with Gasteiger partial charge in [0.05, 0.1) is 0 Å². The molecule has 2 rings (SSSR count). The van der Waals surface area contributed by atoms with E-state index in [0.717, 1.165) is 13.1 Å². The molecule has 1 atom stereocenters. The molecule has 2 nitrogen and oxygen atoms in total. The highest BCUT2D eigenvalue weighted by Crippen LogP contribution is 2.28. The molecule has 2 N–H and O–H groups in total. The number of nitrogens with two attached hydrogens (primary N) is 1. The number of hydrogen-bond donors (Lipinski definition) is 1. The Labute approximate surface area is 98.4 Å². The van der Waals surface area contributed by atoms with Gasteiger partial charge in [-0.15, -0.1) is 0 Å². The lowest BCUT2D eigenvalue weighted by molar-refractivity contribution is 0.553. The van der Waals surface area contributed by atoms with Gasteiger partial charge in [-0.1, -0.05) is 24.6 Å². The van der Waals surface area contributed by atoms with Gasteiger partial charge in [-0.05, 0) is 43.9 Å².